The monoisotopic (exact) mass is 170 g/mol. The van der Waals surface area contributed by atoms with Gasteiger partial charge in [0.25, 0.3) is 0 Å². The molecule has 72 valence electrons. The Morgan fingerprint density at radius 2 is 1.75 bits per heavy atom. The molecule has 0 heterocycles. The van der Waals surface area contributed by atoms with Crippen LogP contribution < -0.4 is 11.5 Å². The SMILES string of the molecule is CC(=CC(C)C(N)N)CC(C)C. The first-order valence-corrected chi connectivity index (χ1v) is 4.62. The number of hydrogen-bond acceptors (Lipinski definition) is 2. The van der Waals surface area contributed by atoms with Gasteiger partial charge >= 0.3 is 0 Å². The molecule has 0 rings (SSSR count). The van der Waals surface area contributed by atoms with Crippen molar-refractivity contribution >= 4 is 0 Å². The highest BCUT2D eigenvalue weighted by molar-refractivity contribution is 5.02. The molecule has 0 aromatic heterocycles. The van der Waals surface area contributed by atoms with Crippen LogP contribution >= 0.6 is 0 Å². The first-order valence-electron chi connectivity index (χ1n) is 4.62. The predicted octanol–water partition coefficient (Wildman–Crippen LogP) is 1.86. The molecule has 0 aliphatic rings. The molecule has 12 heavy (non-hydrogen) atoms. The molecule has 2 nitrogen and oxygen atoms in total. The number of hydrogen-bond donors (Lipinski definition) is 2. The molecule has 0 bridgehead atoms. The molecule has 0 aliphatic heterocycles. The standard InChI is InChI=1S/C10H22N2/c1-7(2)5-8(3)6-9(4)10(11)12/h6-7,9-10H,5,11-12H2,1-4H3. The van der Waals surface area contributed by atoms with E-state index in [0.29, 0.717) is 5.92 Å². The van der Waals surface area contributed by atoms with E-state index in [0.717, 1.165) is 6.42 Å². The molecule has 1 atom stereocenters. The highest BCUT2D eigenvalue weighted by Crippen LogP contribution is 2.12. The summed E-state index contributed by atoms with van der Waals surface area (Å²) in [4.78, 5) is 0. The van der Waals surface area contributed by atoms with Gasteiger partial charge in [0.15, 0.2) is 0 Å². The second kappa shape index (κ2) is 5.33. The molecular formula is C10H22N2. The van der Waals surface area contributed by atoms with Crippen molar-refractivity contribution in [1.82, 2.24) is 0 Å². The maximum Gasteiger partial charge on any atom is 0.0582 e. The summed E-state index contributed by atoms with van der Waals surface area (Å²) in [7, 11) is 0. The summed E-state index contributed by atoms with van der Waals surface area (Å²) in [5.41, 5.74) is 12.5. The number of rotatable bonds is 4. The van der Waals surface area contributed by atoms with Crippen molar-refractivity contribution in [2.24, 2.45) is 23.3 Å². The maximum absolute atomic E-state index is 5.55. The van der Waals surface area contributed by atoms with E-state index in [1.807, 2.05) is 0 Å². The topological polar surface area (TPSA) is 52.0 Å². The molecule has 0 aromatic rings. The summed E-state index contributed by atoms with van der Waals surface area (Å²) in [5.74, 6) is 0.992. The Labute approximate surface area is 76.0 Å². The van der Waals surface area contributed by atoms with E-state index in [1.165, 1.54) is 5.57 Å². The molecule has 1 unspecified atom stereocenters. The van der Waals surface area contributed by atoms with Gasteiger partial charge in [0, 0.05) is 5.92 Å². The minimum Gasteiger partial charge on any atom is -0.316 e. The summed E-state index contributed by atoms with van der Waals surface area (Å²) in [5, 5.41) is 0. The van der Waals surface area contributed by atoms with Gasteiger partial charge in [0.2, 0.25) is 0 Å². The van der Waals surface area contributed by atoms with Gasteiger partial charge in [-0.05, 0) is 19.3 Å². The fourth-order valence-electron chi connectivity index (χ4n) is 1.27. The first kappa shape index (κ1) is 11.7. The number of nitrogens with two attached hydrogens (primary N) is 2. The average molecular weight is 170 g/mol. The van der Waals surface area contributed by atoms with Crippen LogP contribution in [-0.2, 0) is 0 Å². The quantitative estimate of drug-likeness (QED) is 0.500. The van der Waals surface area contributed by atoms with Crippen molar-refractivity contribution in [3.05, 3.63) is 11.6 Å². The normalized spacial score (nSPS) is 15.8. The van der Waals surface area contributed by atoms with Gasteiger partial charge in [-0.1, -0.05) is 32.4 Å². The molecule has 0 amide bonds. The predicted molar refractivity (Wildman–Crippen MR) is 54.5 cm³/mol. The van der Waals surface area contributed by atoms with Crippen LogP contribution in [0.2, 0.25) is 0 Å². The smallest absolute Gasteiger partial charge is 0.0582 e. The van der Waals surface area contributed by atoms with E-state index in [9.17, 15) is 0 Å². The van der Waals surface area contributed by atoms with Gasteiger partial charge < -0.3 is 11.5 Å². The zero-order valence-corrected chi connectivity index (χ0v) is 8.67. The lowest BCUT2D eigenvalue weighted by Gasteiger charge is -2.13. The van der Waals surface area contributed by atoms with Crippen molar-refractivity contribution < 1.29 is 0 Å². The second-order valence-electron chi connectivity index (χ2n) is 4.05. The third-order valence-electron chi connectivity index (χ3n) is 1.88. The summed E-state index contributed by atoms with van der Waals surface area (Å²) in [6.07, 6.45) is 3.08. The average Bonchev–Trinajstić information content (AvgIpc) is 1.84. The van der Waals surface area contributed by atoms with Crippen LogP contribution in [0.1, 0.15) is 34.1 Å². The molecule has 0 saturated heterocycles. The fraction of sp³-hybridized carbons (Fsp3) is 0.800. The lowest BCUT2D eigenvalue weighted by atomic mass is 9.99. The molecule has 0 aromatic carbocycles. The highest BCUT2D eigenvalue weighted by Gasteiger charge is 2.04. The van der Waals surface area contributed by atoms with Crippen LogP contribution in [0.3, 0.4) is 0 Å². The highest BCUT2D eigenvalue weighted by atomic mass is 14.9. The molecule has 2 heteroatoms. The molecule has 0 spiro atoms. The Kier molecular flexibility index (Phi) is 5.18. The summed E-state index contributed by atoms with van der Waals surface area (Å²) >= 11 is 0. The lowest BCUT2D eigenvalue weighted by molar-refractivity contribution is 0.548. The van der Waals surface area contributed by atoms with Crippen LogP contribution in [0.25, 0.3) is 0 Å². The minimum atomic E-state index is -0.230. The van der Waals surface area contributed by atoms with E-state index in [4.69, 9.17) is 11.5 Å². The number of allylic oxidation sites excluding steroid dienone is 1. The van der Waals surface area contributed by atoms with Gasteiger partial charge in [-0.25, -0.2) is 0 Å². The van der Waals surface area contributed by atoms with E-state index in [-0.39, 0.29) is 12.1 Å². The van der Waals surface area contributed by atoms with Crippen molar-refractivity contribution in [1.29, 1.82) is 0 Å². The molecule has 0 fully saturated rings. The molecule has 0 saturated carbocycles. The van der Waals surface area contributed by atoms with E-state index in [2.05, 4.69) is 33.8 Å². The van der Waals surface area contributed by atoms with Gasteiger partial charge in [-0.2, -0.15) is 0 Å². The Hall–Kier alpha value is -0.340. The van der Waals surface area contributed by atoms with Crippen LogP contribution in [0.15, 0.2) is 11.6 Å². The minimum absolute atomic E-state index is 0.230. The molecular weight excluding hydrogens is 148 g/mol. The first-order chi connectivity index (χ1) is 5.43. The van der Waals surface area contributed by atoms with Crippen molar-refractivity contribution in [2.45, 2.75) is 40.3 Å². The Morgan fingerprint density at radius 1 is 1.25 bits per heavy atom. The van der Waals surface area contributed by atoms with Crippen molar-refractivity contribution in [3.63, 3.8) is 0 Å². The van der Waals surface area contributed by atoms with Gasteiger partial charge in [-0.15, -0.1) is 0 Å². The lowest BCUT2D eigenvalue weighted by Crippen LogP contribution is -2.36. The summed E-state index contributed by atoms with van der Waals surface area (Å²) < 4.78 is 0. The van der Waals surface area contributed by atoms with Gasteiger partial charge in [0.05, 0.1) is 6.17 Å². The van der Waals surface area contributed by atoms with Crippen LogP contribution in [-0.4, -0.2) is 6.17 Å². The summed E-state index contributed by atoms with van der Waals surface area (Å²) in [6, 6.07) is 0. The van der Waals surface area contributed by atoms with Crippen molar-refractivity contribution in [2.75, 3.05) is 0 Å². The van der Waals surface area contributed by atoms with Gasteiger partial charge in [-0.3, -0.25) is 0 Å². The van der Waals surface area contributed by atoms with Crippen molar-refractivity contribution in [3.8, 4) is 0 Å². The third-order valence-corrected chi connectivity index (χ3v) is 1.88. The Balaban J connectivity index is 3.97. The van der Waals surface area contributed by atoms with E-state index in [1.54, 1.807) is 0 Å². The Bertz CT molecular complexity index is 148. The Morgan fingerprint density at radius 3 is 2.08 bits per heavy atom. The van der Waals surface area contributed by atoms with Crippen LogP contribution in [0.5, 0.6) is 0 Å². The molecule has 0 radical (unpaired) electrons. The molecule has 4 N–H and O–H groups in total. The third kappa shape index (κ3) is 5.33. The summed E-state index contributed by atoms with van der Waals surface area (Å²) in [6.45, 7) is 8.61. The van der Waals surface area contributed by atoms with E-state index >= 15 is 0 Å². The maximum atomic E-state index is 5.55. The van der Waals surface area contributed by atoms with Crippen LogP contribution in [0, 0.1) is 11.8 Å². The van der Waals surface area contributed by atoms with Crippen LogP contribution in [0.4, 0.5) is 0 Å². The molecule has 0 aliphatic carbocycles. The fourth-order valence-corrected chi connectivity index (χ4v) is 1.27. The van der Waals surface area contributed by atoms with Gasteiger partial charge in [0.1, 0.15) is 0 Å². The zero-order valence-electron chi connectivity index (χ0n) is 8.67. The zero-order chi connectivity index (χ0) is 9.72. The largest absolute Gasteiger partial charge is 0.316 e. The second-order valence-corrected chi connectivity index (χ2v) is 4.05. The van der Waals surface area contributed by atoms with E-state index < -0.39 is 0 Å².